The molecule has 0 spiro atoms. The molecule has 6 nitrogen and oxygen atoms in total. The fourth-order valence-corrected chi connectivity index (χ4v) is 3.03. The first-order valence-electron chi connectivity index (χ1n) is 8.50. The van der Waals surface area contributed by atoms with E-state index in [1.54, 1.807) is 19.5 Å². The maximum absolute atomic E-state index is 11.7. The summed E-state index contributed by atoms with van der Waals surface area (Å²) in [6.07, 6.45) is 3.53. The van der Waals surface area contributed by atoms with Crippen molar-refractivity contribution in [1.82, 2.24) is 14.5 Å². The zero-order valence-electron chi connectivity index (χ0n) is 15.0. The summed E-state index contributed by atoms with van der Waals surface area (Å²) in [4.78, 5) is 20.3. The first-order chi connectivity index (χ1) is 13.2. The Morgan fingerprint density at radius 3 is 2.41 bits per heavy atom. The van der Waals surface area contributed by atoms with Crippen molar-refractivity contribution in [3.63, 3.8) is 0 Å². The molecular formula is C21H18N4O2. The number of nitrogens with zero attached hydrogens (tertiary/aromatic N) is 3. The summed E-state index contributed by atoms with van der Waals surface area (Å²) in [6, 6.07) is 17.6. The fourth-order valence-electron chi connectivity index (χ4n) is 3.03. The van der Waals surface area contributed by atoms with Crippen molar-refractivity contribution in [2.24, 2.45) is 0 Å². The van der Waals surface area contributed by atoms with E-state index in [0.29, 0.717) is 5.95 Å². The average Bonchev–Trinajstić information content (AvgIpc) is 3.05. The van der Waals surface area contributed by atoms with Gasteiger partial charge in [0.2, 0.25) is 11.9 Å². The lowest BCUT2D eigenvalue weighted by atomic mass is 10.1. The number of hydrogen-bond donors (Lipinski definition) is 1. The second kappa shape index (κ2) is 6.92. The van der Waals surface area contributed by atoms with Gasteiger partial charge in [-0.25, -0.2) is 4.98 Å². The first kappa shape index (κ1) is 16.8. The van der Waals surface area contributed by atoms with Crippen LogP contribution in [0, 0.1) is 0 Å². The normalized spacial score (nSPS) is 10.7. The molecule has 134 valence electrons. The molecule has 4 rings (SSSR count). The van der Waals surface area contributed by atoms with Crippen LogP contribution in [0.15, 0.2) is 67.0 Å². The van der Waals surface area contributed by atoms with Crippen molar-refractivity contribution in [1.29, 1.82) is 0 Å². The molecule has 1 N–H and O–H groups in total. The number of aromatic nitrogens is 3. The summed E-state index contributed by atoms with van der Waals surface area (Å²) in [7, 11) is 1.63. The highest BCUT2D eigenvalue weighted by Crippen LogP contribution is 2.30. The van der Waals surface area contributed by atoms with Crippen LogP contribution in [0.25, 0.3) is 27.8 Å². The SMILES string of the molecule is COc1ccc(-n2c(NC(C)=O)nc3ccc(-c4ccncc4)cc32)cc1. The van der Waals surface area contributed by atoms with Gasteiger partial charge in [-0.2, -0.15) is 0 Å². The molecule has 6 heteroatoms. The Bertz CT molecular complexity index is 1100. The highest BCUT2D eigenvalue weighted by Gasteiger charge is 2.14. The van der Waals surface area contributed by atoms with Crippen molar-refractivity contribution >= 4 is 22.9 Å². The molecule has 0 bridgehead atoms. The number of rotatable bonds is 4. The van der Waals surface area contributed by atoms with E-state index < -0.39 is 0 Å². The Labute approximate surface area is 156 Å². The van der Waals surface area contributed by atoms with Gasteiger partial charge < -0.3 is 4.74 Å². The molecular weight excluding hydrogens is 340 g/mol. The Hall–Kier alpha value is -3.67. The van der Waals surface area contributed by atoms with E-state index in [0.717, 1.165) is 33.6 Å². The van der Waals surface area contributed by atoms with Crippen LogP contribution in [0.1, 0.15) is 6.92 Å². The molecule has 1 amide bonds. The number of anilines is 1. The molecule has 0 aliphatic heterocycles. The predicted octanol–water partition coefficient (Wildman–Crippen LogP) is 4.05. The molecule has 0 fully saturated rings. The Morgan fingerprint density at radius 2 is 1.74 bits per heavy atom. The van der Waals surface area contributed by atoms with Gasteiger partial charge in [0.05, 0.1) is 18.1 Å². The maximum Gasteiger partial charge on any atom is 0.223 e. The lowest BCUT2D eigenvalue weighted by Gasteiger charge is -2.11. The van der Waals surface area contributed by atoms with E-state index >= 15 is 0 Å². The molecule has 27 heavy (non-hydrogen) atoms. The monoisotopic (exact) mass is 358 g/mol. The van der Waals surface area contributed by atoms with E-state index in [9.17, 15) is 4.79 Å². The molecule has 0 unspecified atom stereocenters. The fraction of sp³-hybridized carbons (Fsp3) is 0.0952. The van der Waals surface area contributed by atoms with Crippen LogP contribution in [-0.4, -0.2) is 27.6 Å². The predicted molar refractivity (Wildman–Crippen MR) is 105 cm³/mol. The van der Waals surface area contributed by atoms with Crippen LogP contribution >= 0.6 is 0 Å². The Kier molecular flexibility index (Phi) is 4.30. The van der Waals surface area contributed by atoms with Crippen molar-refractivity contribution in [3.8, 4) is 22.6 Å². The van der Waals surface area contributed by atoms with Crippen LogP contribution in [0.5, 0.6) is 5.75 Å². The second-order valence-electron chi connectivity index (χ2n) is 6.09. The molecule has 4 aromatic rings. The van der Waals surface area contributed by atoms with E-state index in [4.69, 9.17) is 4.74 Å². The number of pyridine rings is 1. The van der Waals surface area contributed by atoms with Gasteiger partial charge in [-0.15, -0.1) is 0 Å². The summed E-state index contributed by atoms with van der Waals surface area (Å²) in [5, 5.41) is 2.82. The minimum absolute atomic E-state index is 0.172. The van der Waals surface area contributed by atoms with Gasteiger partial charge in [0.25, 0.3) is 0 Å². The van der Waals surface area contributed by atoms with Gasteiger partial charge in [0, 0.05) is 25.0 Å². The average molecular weight is 358 g/mol. The number of nitrogens with one attached hydrogen (secondary N) is 1. The number of ether oxygens (including phenoxy) is 1. The van der Waals surface area contributed by atoms with Crippen molar-refractivity contribution in [3.05, 3.63) is 67.0 Å². The first-order valence-corrected chi connectivity index (χ1v) is 8.50. The molecule has 2 heterocycles. The highest BCUT2D eigenvalue weighted by molar-refractivity contribution is 5.92. The minimum atomic E-state index is -0.172. The summed E-state index contributed by atoms with van der Waals surface area (Å²) >= 11 is 0. The summed E-state index contributed by atoms with van der Waals surface area (Å²) in [5.41, 5.74) is 4.70. The topological polar surface area (TPSA) is 69.0 Å². The van der Waals surface area contributed by atoms with Gasteiger partial charge >= 0.3 is 0 Å². The third-order valence-electron chi connectivity index (χ3n) is 4.29. The van der Waals surface area contributed by atoms with Crippen LogP contribution in [0.3, 0.4) is 0 Å². The smallest absolute Gasteiger partial charge is 0.223 e. The van der Waals surface area contributed by atoms with Crippen molar-refractivity contribution in [2.75, 3.05) is 12.4 Å². The number of hydrogen-bond acceptors (Lipinski definition) is 4. The van der Waals surface area contributed by atoms with Crippen LogP contribution in [0.4, 0.5) is 5.95 Å². The van der Waals surface area contributed by atoms with Crippen LogP contribution in [-0.2, 0) is 4.79 Å². The number of methoxy groups -OCH3 is 1. The number of amides is 1. The molecule has 2 aromatic heterocycles. The number of fused-ring (bicyclic) bond motifs is 1. The number of carbonyl (C=O) groups excluding carboxylic acids is 1. The molecule has 2 aromatic carbocycles. The molecule has 0 radical (unpaired) electrons. The van der Waals surface area contributed by atoms with Crippen molar-refractivity contribution < 1.29 is 9.53 Å². The quantitative estimate of drug-likeness (QED) is 0.597. The maximum atomic E-state index is 11.7. The Morgan fingerprint density at radius 1 is 1.00 bits per heavy atom. The summed E-state index contributed by atoms with van der Waals surface area (Å²) in [5.74, 6) is 1.07. The molecule has 0 aliphatic carbocycles. The third-order valence-corrected chi connectivity index (χ3v) is 4.29. The molecule has 0 atom stereocenters. The summed E-state index contributed by atoms with van der Waals surface area (Å²) in [6.45, 7) is 1.47. The van der Waals surface area contributed by atoms with Gasteiger partial charge in [-0.05, 0) is 59.7 Å². The van der Waals surface area contributed by atoms with Gasteiger partial charge in [0.1, 0.15) is 5.75 Å². The van der Waals surface area contributed by atoms with E-state index in [1.807, 2.05) is 53.1 Å². The zero-order valence-corrected chi connectivity index (χ0v) is 15.0. The van der Waals surface area contributed by atoms with Gasteiger partial charge in [0.15, 0.2) is 0 Å². The van der Waals surface area contributed by atoms with Gasteiger partial charge in [-0.3, -0.25) is 19.7 Å². The van der Waals surface area contributed by atoms with E-state index in [1.165, 1.54) is 6.92 Å². The second-order valence-corrected chi connectivity index (χ2v) is 6.09. The largest absolute Gasteiger partial charge is 0.497 e. The highest BCUT2D eigenvalue weighted by atomic mass is 16.5. The number of benzene rings is 2. The van der Waals surface area contributed by atoms with E-state index in [2.05, 4.69) is 21.4 Å². The molecule has 0 saturated heterocycles. The molecule has 0 aliphatic rings. The van der Waals surface area contributed by atoms with Crippen molar-refractivity contribution in [2.45, 2.75) is 6.92 Å². The lowest BCUT2D eigenvalue weighted by Crippen LogP contribution is -2.11. The summed E-state index contributed by atoms with van der Waals surface area (Å²) < 4.78 is 7.18. The lowest BCUT2D eigenvalue weighted by molar-refractivity contribution is -0.114. The van der Waals surface area contributed by atoms with Crippen LogP contribution in [0.2, 0.25) is 0 Å². The number of imidazole rings is 1. The van der Waals surface area contributed by atoms with E-state index in [-0.39, 0.29) is 5.91 Å². The number of carbonyl (C=O) groups is 1. The Balaban J connectivity index is 1.92. The molecule has 0 saturated carbocycles. The standard InChI is InChI=1S/C21H18N4O2/c1-14(26)23-21-24-19-8-3-16(15-9-11-22-12-10-15)13-20(19)25(21)17-4-6-18(27-2)7-5-17/h3-13H,1-2H3,(H,23,24,26). The van der Waals surface area contributed by atoms with Gasteiger partial charge in [-0.1, -0.05) is 6.07 Å². The zero-order chi connectivity index (χ0) is 18.8. The third kappa shape index (κ3) is 3.25. The minimum Gasteiger partial charge on any atom is -0.497 e. The van der Waals surface area contributed by atoms with Crippen LogP contribution < -0.4 is 10.1 Å².